The minimum atomic E-state index is -2.92. The summed E-state index contributed by atoms with van der Waals surface area (Å²) in [5.41, 5.74) is 1.05. The van der Waals surface area contributed by atoms with Gasteiger partial charge in [-0.15, -0.1) is 5.10 Å². The van der Waals surface area contributed by atoms with Crippen LogP contribution in [0.4, 0.5) is 14.8 Å². The van der Waals surface area contributed by atoms with Gasteiger partial charge in [0.15, 0.2) is 0 Å². The summed E-state index contributed by atoms with van der Waals surface area (Å²) in [5.74, 6) is -5.13. The number of nitrogens with zero attached hydrogens (tertiary/aromatic N) is 3. The Morgan fingerprint density at radius 1 is 1.14 bits per heavy atom. The molecule has 0 radical (unpaired) electrons. The number of nitrogens with one attached hydrogen (secondary N) is 1. The third kappa shape index (κ3) is 3.28. The van der Waals surface area contributed by atoms with E-state index in [-0.39, 0.29) is 17.8 Å². The lowest BCUT2D eigenvalue weighted by molar-refractivity contribution is -0.133. The Morgan fingerprint density at radius 3 is 2.48 bits per heavy atom. The number of anilines is 1. The largest absolute Gasteiger partial charge is 0.408 e. The van der Waals surface area contributed by atoms with E-state index in [1.165, 1.54) is 12.8 Å². The van der Waals surface area contributed by atoms with E-state index in [9.17, 15) is 13.6 Å². The first kappa shape index (κ1) is 18.5. The number of rotatable bonds is 5. The number of halogens is 2. The highest BCUT2D eigenvalue weighted by molar-refractivity contribution is 5.83. The molecule has 1 amide bonds. The normalized spacial score (nSPS) is 27.5. The molecule has 1 saturated heterocycles. The molecule has 1 aliphatic heterocycles. The van der Waals surface area contributed by atoms with Gasteiger partial charge in [-0.2, -0.15) is 0 Å². The molecule has 2 aromatic rings. The lowest BCUT2D eigenvalue weighted by atomic mass is 9.93. The Labute approximate surface area is 167 Å². The fourth-order valence-electron chi connectivity index (χ4n) is 4.53. The molecule has 2 aliphatic carbocycles. The van der Waals surface area contributed by atoms with Gasteiger partial charge >= 0.3 is 6.01 Å². The molecule has 1 aromatic carbocycles. The first-order valence-electron chi connectivity index (χ1n) is 10.2. The molecule has 1 N–H and O–H groups in total. The van der Waals surface area contributed by atoms with E-state index < -0.39 is 23.8 Å². The van der Waals surface area contributed by atoms with Gasteiger partial charge < -0.3 is 14.6 Å². The van der Waals surface area contributed by atoms with Crippen LogP contribution in [0.15, 0.2) is 34.7 Å². The molecule has 0 bridgehead atoms. The van der Waals surface area contributed by atoms with Crippen molar-refractivity contribution in [2.75, 3.05) is 18.4 Å². The van der Waals surface area contributed by atoms with E-state index in [2.05, 4.69) is 15.5 Å². The van der Waals surface area contributed by atoms with Crippen LogP contribution in [-0.4, -0.2) is 46.1 Å². The number of likely N-dealkylation sites (tertiary alicyclic amines) is 1. The van der Waals surface area contributed by atoms with Crippen molar-refractivity contribution in [1.29, 1.82) is 0 Å². The number of hydrogen-bond acceptors (Lipinski definition) is 5. The molecule has 3 fully saturated rings. The van der Waals surface area contributed by atoms with Gasteiger partial charge in [-0.25, -0.2) is 8.78 Å². The molecule has 3 atom stereocenters. The van der Waals surface area contributed by atoms with Crippen molar-refractivity contribution in [3.05, 3.63) is 41.8 Å². The number of amides is 1. The zero-order chi connectivity index (χ0) is 20.2. The van der Waals surface area contributed by atoms with Gasteiger partial charge in [0.25, 0.3) is 5.92 Å². The Balaban J connectivity index is 1.22. The topological polar surface area (TPSA) is 71.3 Å². The molecular formula is C21H24F2N4O2. The number of carbonyl (C=O) groups excluding carboxylic acids is 1. The minimum absolute atomic E-state index is 0.00559. The fraction of sp³-hybridized carbons (Fsp3) is 0.571. The summed E-state index contributed by atoms with van der Waals surface area (Å²) in [7, 11) is 0. The molecule has 5 rings (SSSR count). The molecule has 1 aromatic heterocycles. The van der Waals surface area contributed by atoms with Gasteiger partial charge in [-0.3, -0.25) is 4.79 Å². The quantitative estimate of drug-likeness (QED) is 0.824. The molecule has 2 saturated carbocycles. The van der Waals surface area contributed by atoms with E-state index in [1.807, 2.05) is 4.90 Å². The van der Waals surface area contributed by atoms with Crippen molar-refractivity contribution in [2.45, 2.75) is 56.4 Å². The van der Waals surface area contributed by atoms with Gasteiger partial charge in [-0.1, -0.05) is 35.4 Å². The van der Waals surface area contributed by atoms with Crippen molar-refractivity contribution < 1.29 is 18.0 Å². The monoisotopic (exact) mass is 402 g/mol. The number of alkyl halides is 2. The number of carbonyl (C=O) groups is 1. The Kier molecular flexibility index (Phi) is 4.15. The average molecular weight is 402 g/mol. The molecule has 29 heavy (non-hydrogen) atoms. The summed E-state index contributed by atoms with van der Waals surface area (Å²) in [4.78, 5) is 14.5. The van der Waals surface area contributed by atoms with E-state index >= 15 is 0 Å². The molecule has 8 heteroatoms. The summed E-state index contributed by atoms with van der Waals surface area (Å²) in [5, 5.41) is 10.5. The number of aromatic nitrogens is 2. The van der Waals surface area contributed by atoms with Crippen molar-refractivity contribution >= 4 is 11.9 Å². The van der Waals surface area contributed by atoms with Crippen LogP contribution in [0.5, 0.6) is 0 Å². The van der Waals surface area contributed by atoms with Crippen LogP contribution in [0.2, 0.25) is 0 Å². The summed E-state index contributed by atoms with van der Waals surface area (Å²) >= 11 is 0. The second kappa shape index (κ2) is 6.50. The third-order valence-electron chi connectivity index (χ3n) is 6.72. The fourth-order valence-corrected chi connectivity index (χ4v) is 4.53. The van der Waals surface area contributed by atoms with E-state index in [1.54, 1.807) is 37.3 Å². The maximum absolute atomic E-state index is 14.3. The van der Waals surface area contributed by atoms with Crippen molar-refractivity contribution in [2.24, 2.45) is 5.41 Å². The molecule has 154 valence electrons. The van der Waals surface area contributed by atoms with Gasteiger partial charge in [0, 0.05) is 13.1 Å². The summed E-state index contributed by atoms with van der Waals surface area (Å²) < 4.78 is 34.1. The molecule has 6 nitrogen and oxygen atoms in total. The Hall–Kier alpha value is -2.51. The minimum Gasteiger partial charge on any atom is -0.408 e. The standard InChI is InChI=1S/C21H24F2N4O2/c1-13(18(28)27-11-9-20(7-8-20)10-12-27)24-19-26-25-17(29-19)16-15(21(16,22)23)14-5-3-2-4-6-14/h2-6,13,15-16H,7-12H2,1H3,(H,24,26). The van der Waals surface area contributed by atoms with Gasteiger partial charge in [0.2, 0.25) is 11.8 Å². The van der Waals surface area contributed by atoms with Crippen LogP contribution >= 0.6 is 0 Å². The van der Waals surface area contributed by atoms with Crippen LogP contribution in [0.25, 0.3) is 0 Å². The Bertz CT molecular complexity index is 902. The first-order valence-corrected chi connectivity index (χ1v) is 10.2. The molecule has 2 heterocycles. The van der Waals surface area contributed by atoms with Crippen molar-refractivity contribution in [1.82, 2.24) is 15.1 Å². The highest BCUT2D eigenvalue weighted by Gasteiger charge is 2.72. The summed E-state index contributed by atoms with van der Waals surface area (Å²) in [6.45, 7) is 3.27. The number of benzene rings is 1. The van der Waals surface area contributed by atoms with E-state index in [4.69, 9.17) is 4.42 Å². The van der Waals surface area contributed by atoms with E-state index in [0.29, 0.717) is 11.0 Å². The third-order valence-corrected chi connectivity index (χ3v) is 6.72. The highest BCUT2D eigenvalue weighted by atomic mass is 19.3. The van der Waals surface area contributed by atoms with Crippen LogP contribution in [0, 0.1) is 5.41 Å². The zero-order valence-corrected chi connectivity index (χ0v) is 16.3. The van der Waals surface area contributed by atoms with Crippen LogP contribution in [-0.2, 0) is 4.79 Å². The molecular weight excluding hydrogens is 378 g/mol. The maximum atomic E-state index is 14.3. The van der Waals surface area contributed by atoms with Crippen molar-refractivity contribution in [3.63, 3.8) is 0 Å². The smallest absolute Gasteiger partial charge is 0.316 e. The van der Waals surface area contributed by atoms with Crippen LogP contribution < -0.4 is 5.32 Å². The highest BCUT2D eigenvalue weighted by Crippen LogP contribution is 2.66. The second-order valence-corrected chi connectivity index (χ2v) is 8.68. The zero-order valence-electron chi connectivity index (χ0n) is 16.3. The predicted molar refractivity (Wildman–Crippen MR) is 102 cm³/mol. The summed E-state index contributed by atoms with van der Waals surface area (Å²) in [6, 6.07) is 8.07. The molecule has 1 spiro atoms. The van der Waals surface area contributed by atoms with Crippen LogP contribution in [0.3, 0.4) is 0 Å². The van der Waals surface area contributed by atoms with Gasteiger partial charge in [0.1, 0.15) is 12.0 Å². The van der Waals surface area contributed by atoms with E-state index in [0.717, 1.165) is 25.9 Å². The average Bonchev–Trinajstić information content (AvgIpc) is 3.53. The summed E-state index contributed by atoms with van der Waals surface area (Å²) in [6.07, 6.45) is 4.69. The predicted octanol–water partition coefficient (Wildman–Crippen LogP) is 3.79. The second-order valence-electron chi connectivity index (χ2n) is 8.68. The first-order chi connectivity index (χ1) is 13.9. The Morgan fingerprint density at radius 2 is 1.83 bits per heavy atom. The lowest BCUT2D eigenvalue weighted by Gasteiger charge is -2.33. The molecule has 3 aliphatic rings. The van der Waals surface area contributed by atoms with Crippen LogP contribution in [0.1, 0.15) is 55.9 Å². The number of hydrogen-bond donors (Lipinski definition) is 1. The number of piperidine rings is 1. The maximum Gasteiger partial charge on any atom is 0.316 e. The van der Waals surface area contributed by atoms with Crippen molar-refractivity contribution in [3.8, 4) is 0 Å². The lowest BCUT2D eigenvalue weighted by Crippen LogP contribution is -2.45. The van der Waals surface area contributed by atoms with Gasteiger partial charge in [-0.05, 0) is 43.6 Å². The van der Waals surface area contributed by atoms with Gasteiger partial charge in [0.05, 0.1) is 5.92 Å². The SMILES string of the molecule is CC(Nc1nnc(C2C(c3ccccc3)C2(F)F)o1)C(=O)N1CCC2(CC1)CC2. The molecule has 3 unspecified atom stereocenters.